The van der Waals surface area contributed by atoms with Crippen LogP contribution in [0.25, 0.3) is 11.5 Å². The third-order valence-electron chi connectivity index (χ3n) is 4.85. The van der Waals surface area contributed by atoms with Gasteiger partial charge < -0.3 is 9.47 Å². The number of carbonyl (C=O) groups excluding carboxylic acids is 1. The molecule has 4 rings (SSSR count). The van der Waals surface area contributed by atoms with Crippen LogP contribution in [0.1, 0.15) is 21.6 Å². The molecule has 1 aliphatic rings. The van der Waals surface area contributed by atoms with E-state index in [0.717, 1.165) is 38.8 Å². The maximum absolute atomic E-state index is 12.9. The Bertz CT molecular complexity index is 1010. The van der Waals surface area contributed by atoms with Crippen molar-refractivity contribution in [2.24, 2.45) is 14.1 Å². The van der Waals surface area contributed by atoms with E-state index in [2.05, 4.69) is 31.2 Å². The molecular weight excluding hydrogens is 428 g/mol. The van der Waals surface area contributed by atoms with Gasteiger partial charge >= 0.3 is 0 Å². The monoisotopic (exact) mass is 446 g/mol. The number of halogens is 1. The van der Waals surface area contributed by atoms with Crippen molar-refractivity contribution in [1.82, 2.24) is 29.4 Å². The predicted octanol–water partition coefficient (Wildman–Crippen LogP) is 2.90. The number of benzene rings is 1. The van der Waals surface area contributed by atoms with Crippen molar-refractivity contribution in [2.45, 2.75) is 18.1 Å². The van der Waals surface area contributed by atoms with Gasteiger partial charge in [0.05, 0.1) is 6.54 Å². The van der Waals surface area contributed by atoms with Crippen LogP contribution in [0.4, 0.5) is 0 Å². The molecule has 0 atom stereocenters. The summed E-state index contributed by atoms with van der Waals surface area (Å²) in [4.78, 5) is 14.8. The molecule has 1 aliphatic heterocycles. The topological polar surface area (TPSA) is 68.8 Å². The minimum Gasteiger partial charge on any atom is -0.334 e. The van der Waals surface area contributed by atoms with Crippen molar-refractivity contribution < 1.29 is 4.79 Å². The van der Waals surface area contributed by atoms with Crippen LogP contribution in [0, 0.1) is 0 Å². The van der Waals surface area contributed by atoms with Gasteiger partial charge in [0.15, 0.2) is 11.0 Å². The number of rotatable bonds is 3. The maximum atomic E-state index is 12.9. The molecule has 9 heteroatoms. The number of aromatic nitrogens is 5. The number of thioether (sulfide) groups is 1. The summed E-state index contributed by atoms with van der Waals surface area (Å²) in [6, 6.07) is 7.47. The summed E-state index contributed by atoms with van der Waals surface area (Å²) in [5, 5.41) is 14.1. The Morgan fingerprint density at radius 2 is 1.93 bits per heavy atom. The van der Waals surface area contributed by atoms with Crippen molar-refractivity contribution >= 4 is 33.6 Å². The lowest BCUT2D eigenvalue weighted by atomic mass is 10.0. The van der Waals surface area contributed by atoms with Gasteiger partial charge in [-0.05, 0) is 30.5 Å². The molecule has 0 spiro atoms. The van der Waals surface area contributed by atoms with Crippen LogP contribution in [0.15, 0.2) is 33.9 Å². The zero-order valence-electron chi connectivity index (χ0n) is 15.3. The summed E-state index contributed by atoms with van der Waals surface area (Å²) in [5.74, 6) is 0.764. The van der Waals surface area contributed by atoms with Gasteiger partial charge in [0.1, 0.15) is 5.69 Å². The number of fused-ring (bicyclic) bond motifs is 1. The molecule has 7 nitrogen and oxygen atoms in total. The lowest BCUT2D eigenvalue weighted by Crippen LogP contribution is -2.36. The van der Waals surface area contributed by atoms with Gasteiger partial charge in [-0.1, -0.05) is 27.7 Å². The highest BCUT2D eigenvalue weighted by atomic mass is 79.9. The van der Waals surface area contributed by atoms with Gasteiger partial charge in [-0.2, -0.15) is 5.10 Å². The highest BCUT2D eigenvalue weighted by molar-refractivity contribution is 9.10. The Labute approximate surface area is 169 Å². The van der Waals surface area contributed by atoms with Crippen molar-refractivity contribution in [3.63, 3.8) is 0 Å². The molecule has 0 saturated heterocycles. The van der Waals surface area contributed by atoms with E-state index in [1.807, 2.05) is 58.8 Å². The average Bonchev–Trinajstić information content (AvgIpc) is 3.21. The van der Waals surface area contributed by atoms with Gasteiger partial charge in [-0.25, -0.2) is 0 Å². The van der Waals surface area contributed by atoms with E-state index < -0.39 is 0 Å². The molecule has 0 unspecified atom stereocenters. The normalized spacial score (nSPS) is 13.7. The van der Waals surface area contributed by atoms with Gasteiger partial charge in [0, 0.05) is 48.4 Å². The van der Waals surface area contributed by atoms with Crippen LogP contribution >= 0.6 is 27.7 Å². The molecule has 140 valence electrons. The van der Waals surface area contributed by atoms with E-state index in [1.54, 1.807) is 11.8 Å². The SMILES string of the molecule is CSc1nnc(-c2nn(C)c3c2CN(C(=O)c2ccc(Br)cc2)CC3)n1C. The second kappa shape index (κ2) is 7.12. The lowest BCUT2D eigenvalue weighted by molar-refractivity contribution is 0.0733. The van der Waals surface area contributed by atoms with Crippen molar-refractivity contribution in [2.75, 3.05) is 12.8 Å². The average molecular weight is 447 g/mol. The Hall–Kier alpha value is -2.13. The zero-order valence-corrected chi connectivity index (χ0v) is 17.7. The molecule has 0 N–H and O–H groups in total. The van der Waals surface area contributed by atoms with Crippen LogP contribution in [0.2, 0.25) is 0 Å². The molecule has 0 radical (unpaired) electrons. The Morgan fingerprint density at radius 3 is 2.59 bits per heavy atom. The molecule has 0 saturated carbocycles. The molecule has 3 heterocycles. The second-order valence-corrected chi connectivity index (χ2v) is 8.14. The first kappa shape index (κ1) is 18.2. The van der Waals surface area contributed by atoms with Crippen LogP contribution in [0.3, 0.4) is 0 Å². The quantitative estimate of drug-likeness (QED) is 0.578. The summed E-state index contributed by atoms with van der Waals surface area (Å²) >= 11 is 4.96. The number of carbonyl (C=O) groups is 1. The number of nitrogens with zero attached hydrogens (tertiary/aromatic N) is 6. The largest absolute Gasteiger partial charge is 0.334 e. The second-order valence-electron chi connectivity index (χ2n) is 6.45. The molecular formula is C18H19BrN6OS. The molecule has 1 amide bonds. The fourth-order valence-corrected chi connectivity index (χ4v) is 4.17. The van der Waals surface area contributed by atoms with Crippen molar-refractivity contribution in [3.8, 4) is 11.5 Å². The summed E-state index contributed by atoms with van der Waals surface area (Å²) in [7, 11) is 3.89. The number of amides is 1. The first-order valence-electron chi connectivity index (χ1n) is 8.53. The standard InChI is InChI=1S/C18H19BrN6OS/c1-23-16(20-21-18(23)27-3)15-13-10-25(9-8-14(13)24(2)22-15)17(26)11-4-6-12(19)7-5-11/h4-7H,8-10H2,1-3H3. The molecule has 0 aliphatic carbocycles. The lowest BCUT2D eigenvalue weighted by Gasteiger charge is -2.27. The highest BCUT2D eigenvalue weighted by Crippen LogP contribution is 2.30. The van der Waals surface area contributed by atoms with Crippen molar-refractivity contribution in [3.05, 3.63) is 45.6 Å². The Morgan fingerprint density at radius 1 is 1.19 bits per heavy atom. The van der Waals surface area contributed by atoms with E-state index in [0.29, 0.717) is 18.7 Å². The molecule has 3 aromatic rings. The van der Waals surface area contributed by atoms with Gasteiger partial charge in [-0.15, -0.1) is 10.2 Å². The van der Waals surface area contributed by atoms with Gasteiger partial charge in [0.25, 0.3) is 5.91 Å². The van der Waals surface area contributed by atoms with Crippen molar-refractivity contribution in [1.29, 1.82) is 0 Å². The molecule has 2 aromatic heterocycles. The van der Waals surface area contributed by atoms with Crippen LogP contribution in [-0.2, 0) is 27.1 Å². The molecule has 0 bridgehead atoms. The van der Waals surface area contributed by atoms with E-state index >= 15 is 0 Å². The maximum Gasteiger partial charge on any atom is 0.254 e. The summed E-state index contributed by atoms with van der Waals surface area (Å²) in [5.41, 5.74) is 3.70. The molecule has 1 aromatic carbocycles. The number of hydrogen-bond donors (Lipinski definition) is 0. The third kappa shape index (κ3) is 3.19. The highest BCUT2D eigenvalue weighted by Gasteiger charge is 2.29. The minimum atomic E-state index is 0.0331. The van der Waals surface area contributed by atoms with E-state index in [9.17, 15) is 4.79 Å². The fraction of sp³-hybridized carbons (Fsp3) is 0.333. The Kier molecular flexibility index (Phi) is 4.81. The van der Waals surface area contributed by atoms with Crippen LogP contribution in [0.5, 0.6) is 0 Å². The predicted molar refractivity (Wildman–Crippen MR) is 108 cm³/mol. The first-order valence-corrected chi connectivity index (χ1v) is 10.5. The van der Waals surface area contributed by atoms with Crippen LogP contribution < -0.4 is 0 Å². The minimum absolute atomic E-state index is 0.0331. The van der Waals surface area contributed by atoms with E-state index in [1.165, 1.54) is 0 Å². The van der Waals surface area contributed by atoms with E-state index in [4.69, 9.17) is 0 Å². The van der Waals surface area contributed by atoms with Gasteiger partial charge in [0.2, 0.25) is 0 Å². The Balaban J connectivity index is 1.68. The fourth-order valence-electron chi connectivity index (χ4n) is 3.42. The van der Waals surface area contributed by atoms with E-state index in [-0.39, 0.29) is 5.91 Å². The van der Waals surface area contributed by atoms with Gasteiger partial charge in [-0.3, -0.25) is 9.48 Å². The number of aryl methyl sites for hydroxylation is 1. The van der Waals surface area contributed by atoms with Crippen LogP contribution in [-0.4, -0.2) is 48.2 Å². The zero-order chi connectivity index (χ0) is 19.1. The first-order chi connectivity index (χ1) is 13.0. The molecule has 0 fully saturated rings. The summed E-state index contributed by atoms with van der Waals surface area (Å²) in [6.45, 7) is 1.20. The smallest absolute Gasteiger partial charge is 0.254 e. The third-order valence-corrected chi connectivity index (χ3v) is 6.10. The summed E-state index contributed by atoms with van der Waals surface area (Å²) < 4.78 is 4.81. The summed E-state index contributed by atoms with van der Waals surface area (Å²) in [6.07, 6.45) is 2.74. The molecule has 27 heavy (non-hydrogen) atoms. The number of hydrogen-bond acceptors (Lipinski definition) is 5.